The molecule has 1 fully saturated rings. The Kier molecular flexibility index (Phi) is 4.83. The van der Waals surface area contributed by atoms with Gasteiger partial charge in [0.15, 0.2) is 0 Å². The van der Waals surface area contributed by atoms with Gasteiger partial charge >= 0.3 is 5.97 Å². The summed E-state index contributed by atoms with van der Waals surface area (Å²) in [6.45, 7) is 1.78. The van der Waals surface area contributed by atoms with Gasteiger partial charge in [0.2, 0.25) is 5.91 Å². The highest BCUT2D eigenvalue weighted by Crippen LogP contribution is 2.31. The van der Waals surface area contributed by atoms with Crippen LogP contribution in [0.1, 0.15) is 37.8 Å². The van der Waals surface area contributed by atoms with E-state index in [0.717, 1.165) is 0 Å². The van der Waals surface area contributed by atoms with Crippen LogP contribution < -0.4 is 5.32 Å². The fraction of sp³-hybridized carbons (Fsp3) is 0.467. The first-order valence-corrected chi connectivity index (χ1v) is 7.24. The molecule has 0 heterocycles. The standard InChI is InChI=1S/C15H17ClFNO3/c1-8(9-4-5-13(17)12(16)7-9)18-14(19)10-2-3-11(6-10)15(20)21/h4-5,7-8,10-11H,2-3,6H2,1H3,(H,18,19)(H,20,21)/t8?,10-,11+/m1/s1. The van der Waals surface area contributed by atoms with Gasteiger partial charge in [0, 0.05) is 5.92 Å². The Balaban J connectivity index is 1.96. The molecule has 0 spiro atoms. The van der Waals surface area contributed by atoms with E-state index in [1.807, 2.05) is 0 Å². The zero-order valence-electron chi connectivity index (χ0n) is 11.6. The van der Waals surface area contributed by atoms with Gasteiger partial charge in [-0.2, -0.15) is 0 Å². The molecular weight excluding hydrogens is 297 g/mol. The van der Waals surface area contributed by atoms with Crippen molar-refractivity contribution in [2.75, 3.05) is 0 Å². The Labute approximate surface area is 127 Å². The Hall–Kier alpha value is -1.62. The minimum atomic E-state index is -0.844. The van der Waals surface area contributed by atoms with Crippen molar-refractivity contribution in [2.45, 2.75) is 32.2 Å². The number of hydrogen-bond donors (Lipinski definition) is 2. The molecule has 114 valence electrons. The SMILES string of the molecule is CC(NC(=O)[C@@H]1CC[C@H](C(=O)O)C1)c1ccc(F)c(Cl)c1. The van der Waals surface area contributed by atoms with E-state index < -0.39 is 17.7 Å². The Morgan fingerprint density at radius 3 is 2.62 bits per heavy atom. The quantitative estimate of drug-likeness (QED) is 0.897. The van der Waals surface area contributed by atoms with Gasteiger partial charge < -0.3 is 10.4 Å². The molecule has 1 aliphatic carbocycles. The first-order chi connectivity index (χ1) is 9.88. The average molecular weight is 314 g/mol. The van der Waals surface area contributed by atoms with Gasteiger partial charge in [-0.15, -0.1) is 0 Å². The summed E-state index contributed by atoms with van der Waals surface area (Å²) in [5, 5.41) is 11.8. The molecule has 1 aliphatic rings. The zero-order chi connectivity index (χ0) is 15.6. The molecule has 0 aliphatic heterocycles. The first-order valence-electron chi connectivity index (χ1n) is 6.86. The maximum absolute atomic E-state index is 13.1. The molecule has 2 N–H and O–H groups in total. The van der Waals surface area contributed by atoms with E-state index >= 15 is 0 Å². The number of halogens is 2. The Bertz CT molecular complexity index is 564. The van der Waals surface area contributed by atoms with E-state index in [9.17, 15) is 14.0 Å². The number of carbonyl (C=O) groups is 2. The minimum absolute atomic E-state index is 0.0143. The number of hydrogen-bond acceptors (Lipinski definition) is 2. The number of carboxylic acids is 1. The maximum atomic E-state index is 13.1. The third-order valence-corrected chi connectivity index (χ3v) is 4.24. The van der Waals surface area contributed by atoms with E-state index in [2.05, 4.69) is 5.32 Å². The van der Waals surface area contributed by atoms with E-state index in [4.69, 9.17) is 16.7 Å². The molecular formula is C15H17ClFNO3. The third-order valence-electron chi connectivity index (χ3n) is 3.96. The van der Waals surface area contributed by atoms with Crippen LogP contribution >= 0.6 is 11.6 Å². The molecule has 21 heavy (non-hydrogen) atoms. The summed E-state index contributed by atoms with van der Waals surface area (Å²) >= 11 is 5.72. The molecule has 1 amide bonds. The van der Waals surface area contributed by atoms with E-state index in [-0.39, 0.29) is 22.9 Å². The number of nitrogens with one attached hydrogen (secondary N) is 1. The summed E-state index contributed by atoms with van der Waals surface area (Å²) in [5.74, 6) is -2.21. The molecule has 3 atom stereocenters. The molecule has 4 nitrogen and oxygen atoms in total. The van der Waals surface area contributed by atoms with Gasteiger partial charge in [0.1, 0.15) is 5.82 Å². The lowest BCUT2D eigenvalue weighted by atomic mass is 10.0. The van der Waals surface area contributed by atoms with Crippen LogP contribution in [0.4, 0.5) is 4.39 Å². The maximum Gasteiger partial charge on any atom is 0.306 e. The average Bonchev–Trinajstić information content (AvgIpc) is 2.91. The van der Waals surface area contributed by atoms with Gasteiger partial charge in [-0.25, -0.2) is 4.39 Å². The number of rotatable bonds is 4. The van der Waals surface area contributed by atoms with Gasteiger partial charge in [-0.3, -0.25) is 9.59 Å². The van der Waals surface area contributed by atoms with E-state index in [1.165, 1.54) is 12.1 Å². The molecule has 1 aromatic carbocycles. The van der Waals surface area contributed by atoms with Gasteiger partial charge in [-0.05, 0) is 43.9 Å². The number of benzene rings is 1. The highest BCUT2D eigenvalue weighted by atomic mass is 35.5. The lowest BCUT2D eigenvalue weighted by Crippen LogP contribution is -2.32. The summed E-state index contributed by atoms with van der Waals surface area (Å²) < 4.78 is 13.1. The van der Waals surface area contributed by atoms with Crippen LogP contribution in [0.3, 0.4) is 0 Å². The second-order valence-electron chi connectivity index (χ2n) is 5.45. The van der Waals surface area contributed by atoms with Crippen LogP contribution in [-0.2, 0) is 9.59 Å². The van der Waals surface area contributed by atoms with Crippen LogP contribution in [-0.4, -0.2) is 17.0 Å². The highest BCUT2D eigenvalue weighted by Gasteiger charge is 2.34. The van der Waals surface area contributed by atoms with Crippen LogP contribution in [0, 0.1) is 17.7 Å². The van der Waals surface area contributed by atoms with Crippen LogP contribution in [0.5, 0.6) is 0 Å². The molecule has 0 radical (unpaired) electrons. The van der Waals surface area contributed by atoms with Gasteiger partial charge in [0.25, 0.3) is 0 Å². The van der Waals surface area contributed by atoms with Gasteiger partial charge in [-0.1, -0.05) is 17.7 Å². The minimum Gasteiger partial charge on any atom is -0.481 e. The predicted octanol–water partition coefficient (Wildman–Crippen LogP) is 3.16. The zero-order valence-corrected chi connectivity index (χ0v) is 12.4. The molecule has 1 aromatic rings. The molecule has 1 saturated carbocycles. The second kappa shape index (κ2) is 6.43. The first kappa shape index (κ1) is 15.8. The largest absolute Gasteiger partial charge is 0.481 e. The predicted molar refractivity (Wildman–Crippen MR) is 76.4 cm³/mol. The topological polar surface area (TPSA) is 66.4 Å². The summed E-state index contributed by atoms with van der Waals surface area (Å²) in [5.41, 5.74) is 0.711. The Morgan fingerprint density at radius 2 is 2.05 bits per heavy atom. The number of amides is 1. The Morgan fingerprint density at radius 1 is 1.38 bits per heavy atom. The van der Waals surface area contributed by atoms with Crippen molar-refractivity contribution in [2.24, 2.45) is 11.8 Å². The molecule has 0 bridgehead atoms. The summed E-state index contributed by atoms with van der Waals surface area (Å²) in [4.78, 5) is 23.0. The molecule has 1 unspecified atom stereocenters. The summed E-state index contributed by atoms with van der Waals surface area (Å²) in [7, 11) is 0. The highest BCUT2D eigenvalue weighted by molar-refractivity contribution is 6.30. The smallest absolute Gasteiger partial charge is 0.306 e. The number of carbonyl (C=O) groups excluding carboxylic acids is 1. The van der Waals surface area contributed by atoms with Gasteiger partial charge in [0.05, 0.1) is 17.0 Å². The van der Waals surface area contributed by atoms with Crippen molar-refractivity contribution in [1.29, 1.82) is 0 Å². The van der Waals surface area contributed by atoms with Crippen molar-refractivity contribution >= 4 is 23.5 Å². The second-order valence-corrected chi connectivity index (χ2v) is 5.86. The fourth-order valence-electron chi connectivity index (χ4n) is 2.64. The van der Waals surface area contributed by atoms with Crippen LogP contribution in [0.25, 0.3) is 0 Å². The monoisotopic (exact) mass is 313 g/mol. The fourth-order valence-corrected chi connectivity index (χ4v) is 2.83. The van der Waals surface area contributed by atoms with Crippen molar-refractivity contribution in [3.63, 3.8) is 0 Å². The van der Waals surface area contributed by atoms with E-state index in [0.29, 0.717) is 24.8 Å². The third kappa shape index (κ3) is 3.73. The summed E-state index contributed by atoms with van der Waals surface area (Å²) in [6.07, 6.45) is 1.49. The van der Waals surface area contributed by atoms with Crippen LogP contribution in [0.15, 0.2) is 18.2 Å². The summed E-state index contributed by atoms with van der Waals surface area (Å²) in [6, 6.07) is 4.01. The lowest BCUT2D eigenvalue weighted by molar-refractivity contribution is -0.141. The number of aliphatic carboxylic acids is 1. The molecule has 0 saturated heterocycles. The normalized spacial score (nSPS) is 22.8. The van der Waals surface area contributed by atoms with Crippen molar-refractivity contribution < 1.29 is 19.1 Å². The molecule has 0 aromatic heterocycles. The van der Waals surface area contributed by atoms with Crippen molar-refractivity contribution in [1.82, 2.24) is 5.32 Å². The van der Waals surface area contributed by atoms with Crippen molar-refractivity contribution in [3.8, 4) is 0 Å². The molecule has 2 rings (SSSR count). The molecule has 6 heteroatoms. The van der Waals surface area contributed by atoms with Crippen molar-refractivity contribution in [3.05, 3.63) is 34.6 Å². The lowest BCUT2D eigenvalue weighted by Gasteiger charge is -2.17. The van der Waals surface area contributed by atoms with E-state index in [1.54, 1.807) is 13.0 Å². The van der Waals surface area contributed by atoms with Crippen LogP contribution in [0.2, 0.25) is 5.02 Å². The number of carboxylic acid groups (broad SMARTS) is 1.